The molecule has 6 nitrogen and oxygen atoms in total. The van der Waals surface area contributed by atoms with Crippen molar-refractivity contribution in [2.45, 2.75) is 52.9 Å². The van der Waals surface area contributed by atoms with Crippen molar-refractivity contribution in [2.75, 3.05) is 26.7 Å². The molecule has 1 rings (SSSR count). The van der Waals surface area contributed by atoms with Gasteiger partial charge in [-0.25, -0.2) is 9.59 Å². The van der Waals surface area contributed by atoms with Gasteiger partial charge in [0.15, 0.2) is 0 Å². The van der Waals surface area contributed by atoms with Gasteiger partial charge in [0.1, 0.15) is 5.75 Å². The van der Waals surface area contributed by atoms with Crippen molar-refractivity contribution >= 4 is 11.9 Å². The van der Waals surface area contributed by atoms with E-state index < -0.39 is 11.9 Å². The Balaban J connectivity index is 0.000000896. The summed E-state index contributed by atoms with van der Waals surface area (Å²) in [5, 5.41) is 14.8. The Bertz CT molecular complexity index is 545. The van der Waals surface area contributed by atoms with Crippen molar-refractivity contribution in [1.29, 1.82) is 0 Å². The molecule has 0 unspecified atom stereocenters. The molecule has 0 amide bonds. The van der Waals surface area contributed by atoms with Gasteiger partial charge >= 0.3 is 11.9 Å². The van der Waals surface area contributed by atoms with E-state index in [0.717, 1.165) is 25.3 Å². The molecule has 6 heteroatoms. The number of benzene rings is 1. The highest BCUT2D eigenvalue weighted by Gasteiger charge is 2.08. The molecule has 0 aromatic heterocycles. The van der Waals surface area contributed by atoms with Crippen LogP contribution in [-0.2, 0) is 9.59 Å². The fourth-order valence-electron chi connectivity index (χ4n) is 2.30. The lowest BCUT2D eigenvalue weighted by molar-refractivity contribution is -0.159. The maximum atomic E-state index is 9.10. The molecule has 148 valence electrons. The molecule has 1 aromatic carbocycles. The maximum absolute atomic E-state index is 9.10. The molecule has 0 bridgehead atoms. The van der Waals surface area contributed by atoms with Gasteiger partial charge in [0.25, 0.3) is 0 Å². The zero-order valence-corrected chi connectivity index (χ0v) is 16.6. The van der Waals surface area contributed by atoms with Crippen LogP contribution in [0.25, 0.3) is 0 Å². The maximum Gasteiger partial charge on any atom is 0.414 e. The molecule has 0 spiro atoms. The first-order valence-electron chi connectivity index (χ1n) is 9.07. The number of nitrogens with zero attached hydrogens (tertiary/aromatic N) is 1. The number of unbranched alkanes of at least 4 members (excludes halogenated alkanes) is 1. The summed E-state index contributed by atoms with van der Waals surface area (Å²) >= 11 is 0. The van der Waals surface area contributed by atoms with E-state index in [1.807, 2.05) is 0 Å². The largest absolute Gasteiger partial charge is 0.493 e. The van der Waals surface area contributed by atoms with E-state index in [4.69, 9.17) is 24.5 Å². The number of hydrogen-bond donors (Lipinski definition) is 2. The second kappa shape index (κ2) is 13.2. The summed E-state index contributed by atoms with van der Waals surface area (Å²) in [5.74, 6) is -2.07. The first-order valence-corrected chi connectivity index (χ1v) is 9.07. The van der Waals surface area contributed by atoms with Gasteiger partial charge in [-0.2, -0.15) is 0 Å². The van der Waals surface area contributed by atoms with Gasteiger partial charge in [-0.05, 0) is 56.5 Å². The normalized spacial score (nSPS) is 10.4. The molecule has 26 heavy (non-hydrogen) atoms. The molecular formula is C20H33NO5. The van der Waals surface area contributed by atoms with Crippen LogP contribution in [0.5, 0.6) is 5.75 Å². The van der Waals surface area contributed by atoms with E-state index in [2.05, 4.69) is 57.8 Å². The summed E-state index contributed by atoms with van der Waals surface area (Å²) in [4.78, 5) is 20.6. The van der Waals surface area contributed by atoms with Crippen LogP contribution < -0.4 is 4.74 Å². The van der Waals surface area contributed by atoms with Crippen LogP contribution in [0.3, 0.4) is 0 Å². The first-order chi connectivity index (χ1) is 12.2. The molecule has 0 saturated carbocycles. The number of aliphatic carboxylic acids is 2. The second-order valence-corrected chi connectivity index (χ2v) is 6.67. The van der Waals surface area contributed by atoms with Crippen LogP contribution in [0.1, 0.15) is 57.1 Å². The number of ether oxygens (including phenoxy) is 1. The predicted octanol–water partition coefficient (Wildman–Crippen LogP) is 3.77. The average molecular weight is 367 g/mol. The predicted molar refractivity (Wildman–Crippen MR) is 103 cm³/mol. The van der Waals surface area contributed by atoms with Crippen molar-refractivity contribution in [3.05, 3.63) is 29.3 Å². The summed E-state index contributed by atoms with van der Waals surface area (Å²) in [6, 6.07) is 6.53. The molecule has 1 aromatic rings. The summed E-state index contributed by atoms with van der Waals surface area (Å²) in [5.41, 5.74) is 2.58. The first kappa shape index (κ1) is 23.9. The Morgan fingerprint density at radius 3 is 2.19 bits per heavy atom. The number of rotatable bonds is 9. The lowest BCUT2D eigenvalue weighted by Gasteiger charge is -2.18. The average Bonchev–Trinajstić information content (AvgIpc) is 2.57. The Labute approximate surface area is 156 Å². The van der Waals surface area contributed by atoms with Crippen LogP contribution in [0, 0.1) is 6.92 Å². The molecule has 0 aliphatic rings. The summed E-state index contributed by atoms with van der Waals surface area (Å²) in [6.45, 7) is 11.9. The molecule has 0 atom stereocenters. The van der Waals surface area contributed by atoms with Crippen LogP contribution in [0.4, 0.5) is 0 Å². The lowest BCUT2D eigenvalue weighted by Crippen LogP contribution is -2.22. The van der Waals surface area contributed by atoms with Crippen molar-refractivity contribution in [3.8, 4) is 5.75 Å². The van der Waals surface area contributed by atoms with Gasteiger partial charge < -0.3 is 19.8 Å². The van der Waals surface area contributed by atoms with Crippen LogP contribution in [-0.4, -0.2) is 53.8 Å². The lowest BCUT2D eigenvalue weighted by atomic mass is 10.0. The highest BCUT2D eigenvalue weighted by Crippen LogP contribution is 2.27. The van der Waals surface area contributed by atoms with Crippen molar-refractivity contribution < 1.29 is 24.5 Å². The topological polar surface area (TPSA) is 87.1 Å². The standard InChI is InChI=1S/C18H31NO.C2H2O4/c1-6-7-11-19(5)12-8-13-20-18-14-16(4)9-10-17(18)15(2)3;3-1(4)2(5)6/h9-10,14-15H,6-8,11-13H2,1-5H3;(H,3,4)(H,5,6). The van der Waals surface area contributed by atoms with Crippen molar-refractivity contribution in [2.24, 2.45) is 0 Å². The minimum atomic E-state index is -1.82. The van der Waals surface area contributed by atoms with E-state index in [1.165, 1.54) is 30.5 Å². The molecule has 0 radical (unpaired) electrons. The number of carbonyl (C=O) groups is 2. The van der Waals surface area contributed by atoms with Crippen LogP contribution in [0.15, 0.2) is 18.2 Å². The van der Waals surface area contributed by atoms with Crippen LogP contribution >= 0.6 is 0 Å². The fourth-order valence-corrected chi connectivity index (χ4v) is 2.30. The molecular weight excluding hydrogens is 334 g/mol. The smallest absolute Gasteiger partial charge is 0.414 e. The molecule has 0 aliphatic heterocycles. The van der Waals surface area contributed by atoms with E-state index >= 15 is 0 Å². The SMILES string of the molecule is CCCCN(C)CCCOc1cc(C)ccc1C(C)C.O=C(O)C(=O)O. The Kier molecular flexibility index (Phi) is 12.1. The fraction of sp³-hybridized carbons (Fsp3) is 0.600. The van der Waals surface area contributed by atoms with Crippen molar-refractivity contribution in [3.63, 3.8) is 0 Å². The van der Waals surface area contributed by atoms with Gasteiger partial charge in [-0.1, -0.05) is 39.3 Å². The number of aryl methyl sites for hydroxylation is 1. The van der Waals surface area contributed by atoms with E-state index in [-0.39, 0.29) is 0 Å². The monoisotopic (exact) mass is 367 g/mol. The minimum absolute atomic E-state index is 0.512. The zero-order valence-electron chi connectivity index (χ0n) is 16.6. The van der Waals surface area contributed by atoms with Gasteiger partial charge in [-0.3, -0.25) is 0 Å². The number of hydrogen-bond acceptors (Lipinski definition) is 4. The third-order valence-electron chi connectivity index (χ3n) is 3.81. The van der Waals surface area contributed by atoms with E-state index in [0.29, 0.717) is 5.92 Å². The third-order valence-corrected chi connectivity index (χ3v) is 3.81. The highest BCUT2D eigenvalue weighted by atomic mass is 16.5. The van der Waals surface area contributed by atoms with Gasteiger partial charge in [0.05, 0.1) is 6.61 Å². The third kappa shape index (κ3) is 10.7. The van der Waals surface area contributed by atoms with E-state index in [9.17, 15) is 0 Å². The molecule has 0 aliphatic carbocycles. The van der Waals surface area contributed by atoms with Gasteiger partial charge in [0.2, 0.25) is 0 Å². The molecule has 2 N–H and O–H groups in total. The minimum Gasteiger partial charge on any atom is -0.493 e. The summed E-state index contributed by atoms with van der Waals surface area (Å²) < 4.78 is 6.01. The van der Waals surface area contributed by atoms with Gasteiger partial charge in [-0.15, -0.1) is 0 Å². The summed E-state index contributed by atoms with van der Waals surface area (Å²) in [7, 11) is 2.20. The summed E-state index contributed by atoms with van der Waals surface area (Å²) in [6.07, 6.45) is 3.64. The molecule has 0 saturated heterocycles. The van der Waals surface area contributed by atoms with E-state index in [1.54, 1.807) is 0 Å². The molecule has 0 fully saturated rings. The quantitative estimate of drug-likeness (QED) is 0.510. The van der Waals surface area contributed by atoms with Crippen molar-refractivity contribution in [1.82, 2.24) is 4.90 Å². The highest BCUT2D eigenvalue weighted by molar-refractivity contribution is 6.27. The van der Waals surface area contributed by atoms with Gasteiger partial charge in [0, 0.05) is 6.54 Å². The Morgan fingerprint density at radius 2 is 1.69 bits per heavy atom. The number of carboxylic acids is 2. The second-order valence-electron chi connectivity index (χ2n) is 6.67. The Morgan fingerprint density at radius 1 is 1.12 bits per heavy atom. The van der Waals surface area contributed by atoms with Crippen LogP contribution in [0.2, 0.25) is 0 Å². The Hall–Kier alpha value is -2.08. The molecule has 0 heterocycles. The zero-order chi connectivity index (χ0) is 20.1. The number of carboxylic acid groups (broad SMARTS) is 2.